The molecule has 1 N–H and O–H groups in total. The summed E-state index contributed by atoms with van der Waals surface area (Å²) in [6.45, 7) is 3.91. The van der Waals surface area contributed by atoms with Gasteiger partial charge in [0.1, 0.15) is 17.2 Å². The third-order valence-electron chi connectivity index (χ3n) is 5.58. The van der Waals surface area contributed by atoms with Gasteiger partial charge >= 0.3 is 0 Å². The minimum Gasteiger partial charge on any atom is -0.507 e. The van der Waals surface area contributed by atoms with E-state index in [2.05, 4.69) is 52.5 Å². The van der Waals surface area contributed by atoms with E-state index in [-0.39, 0.29) is 17.3 Å². The van der Waals surface area contributed by atoms with Crippen LogP contribution in [0.15, 0.2) is 40.6 Å². The van der Waals surface area contributed by atoms with Crippen molar-refractivity contribution in [3.63, 3.8) is 0 Å². The monoisotopic (exact) mass is 484 g/mol. The first kappa shape index (κ1) is 21.5. The number of aromatic nitrogens is 1. The second kappa shape index (κ2) is 8.40. The third kappa shape index (κ3) is 3.95. The number of Topliss-reactive ketones (excluding diaryl/α,β-unsaturated/α-hetero) is 1. The van der Waals surface area contributed by atoms with Gasteiger partial charge in [-0.3, -0.25) is 4.79 Å². The first-order chi connectivity index (χ1) is 14.8. The van der Waals surface area contributed by atoms with Crippen molar-refractivity contribution in [2.45, 2.75) is 19.9 Å². The second-order valence-corrected chi connectivity index (χ2v) is 8.78. The van der Waals surface area contributed by atoms with E-state index in [1.807, 2.05) is 12.1 Å². The molecule has 3 aromatic rings. The van der Waals surface area contributed by atoms with Crippen LogP contribution in [0, 0.1) is 6.92 Å². The maximum atomic E-state index is 13.0. The van der Waals surface area contributed by atoms with Crippen molar-refractivity contribution in [3.05, 3.63) is 57.4 Å². The third-order valence-corrected chi connectivity index (χ3v) is 6.21. The highest BCUT2D eigenvalue weighted by molar-refractivity contribution is 9.10. The zero-order chi connectivity index (χ0) is 22.3. The molecule has 0 fully saturated rings. The van der Waals surface area contributed by atoms with Crippen LogP contribution in [0.5, 0.6) is 17.2 Å². The van der Waals surface area contributed by atoms with Crippen molar-refractivity contribution in [2.75, 3.05) is 27.7 Å². The lowest BCUT2D eigenvalue weighted by molar-refractivity contribution is 0.101. The highest BCUT2D eigenvalue weighted by Gasteiger charge is 2.29. The first-order valence-corrected chi connectivity index (χ1v) is 10.9. The van der Waals surface area contributed by atoms with Crippen molar-refractivity contribution in [1.29, 1.82) is 0 Å². The summed E-state index contributed by atoms with van der Waals surface area (Å²) >= 11 is 3.26. The number of aromatic hydroxyl groups is 1. The Morgan fingerprint density at radius 2 is 2.03 bits per heavy atom. The van der Waals surface area contributed by atoms with Gasteiger partial charge in [-0.15, -0.1) is 0 Å². The number of ketones is 1. The Morgan fingerprint density at radius 1 is 1.26 bits per heavy atom. The predicted molar refractivity (Wildman–Crippen MR) is 125 cm³/mol. The Balaban J connectivity index is 1.80. The molecule has 31 heavy (non-hydrogen) atoms. The maximum absolute atomic E-state index is 13.0. The van der Waals surface area contributed by atoms with E-state index in [0.717, 1.165) is 47.4 Å². The number of carbonyl (C=O) groups is 1. The van der Waals surface area contributed by atoms with Gasteiger partial charge in [-0.2, -0.15) is 0 Å². The van der Waals surface area contributed by atoms with Crippen molar-refractivity contribution in [1.82, 2.24) is 9.47 Å². The number of halogens is 1. The number of allylic oxidation sites excluding steroid dienone is 1. The Bertz CT molecular complexity index is 1210. The number of phenols is 1. The van der Waals surface area contributed by atoms with E-state index < -0.39 is 0 Å². The summed E-state index contributed by atoms with van der Waals surface area (Å²) in [5.74, 6) is 1.19. The number of phenolic OH excluding ortho intramolecular Hbond substituents is 1. The Kier molecular flexibility index (Phi) is 5.81. The molecule has 6 nitrogen and oxygen atoms in total. The fraction of sp³-hybridized carbons (Fsp3) is 0.292. The molecule has 1 aliphatic rings. The van der Waals surface area contributed by atoms with E-state index in [4.69, 9.17) is 9.47 Å². The molecule has 0 spiro atoms. The lowest BCUT2D eigenvalue weighted by Crippen LogP contribution is -2.15. The molecule has 7 heteroatoms. The van der Waals surface area contributed by atoms with E-state index in [1.165, 1.54) is 6.07 Å². The molecule has 4 rings (SSSR count). The predicted octanol–water partition coefficient (Wildman–Crippen LogP) is 4.99. The number of ether oxygens (including phenoxy) is 2. The molecule has 162 valence electrons. The summed E-state index contributed by atoms with van der Waals surface area (Å²) in [5, 5.41) is 10.9. The standard InChI is InChI=1S/C24H25BrN2O4/c1-14-16(12-23-24(29)18-11-19(25)21(28)13-22(18)31-23)17-10-15(30-4)6-7-20(17)27(14)9-5-8-26(2)3/h6-7,10-13,28H,5,8-9H2,1-4H3. The van der Waals surface area contributed by atoms with Crippen molar-refractivity contribution >= 4 is 38.7 Å². The quantitative estimate of drug-likeness (QED) is 0.499. The van der Waals surface area contributed by atoms with Crippen LogP contribution in [0.1, 0.15) is 28.0 Å². The number of nitrogens with zero attached hydrogens (tertiary/aromatic N) is 2. The van der Waals surface area contributed by atoms with Crippen molar-refractivity contribution < 1.29 is 19.4 Å². The number of hydrogen-bond donors (Lipinski definition) is 1. The Hall–Kier alpha value is -2.77. The maximum Gasteiger partial charge on any atom is 0.232 e. The second-order valence-electron chi connectivity index (χ2n) is 7.93. The number of hydrogen-bond acceptors (Lipinski definition) is 5. The fourth-order valence-electron chi connectivity index (χ4n) is 3.96. The number of fused-ring (bicyclic) bond motifs is 2. The molecule has 2 aromatic carbocycles. The van der Waals surface area contributed by atoms with Crippen molar-refractivity contribution in [2.24, 2.45) is 0 Å². The van der Waals surface area contributed by atoms with Gasteiger partial charge in [0, 0.05) is 34.8 Å². The van der Waals surface area contributed by atoms with Crippen molar-refractivity contribution in [3.8, 4) is 17.2 Å². The molecular weight excluding hydrogens is 460 g/mol. The lowest BCUT2D eigenvalue weighted by atomic mass is 10.1. The van der Waals surface area contributed by atoms with E-state index in [9.17, 15) is 9.90 Å². The summed E-state index contributed by atoms with van der Waals surface area (Å²) in [4.78, 5) is 15.1. The van der Waals surface area contributed by atoms with E-state index in [1.54, 1.807) is 19.3 Å². The molecule has 0 atom stereocenters. The topological polar surface area (TPSA) is 63.9 Å². The largest absolute Gasteiger partial charge is 0.507 e. The van der Waals surface area contributed by atoms with Crippen LogP contribution < -0.4 is 9.47 Å². The van der Waals surface area contributed by atoms with Gasteiger partial charge < -0.3 is 24.0 Å². The molecule has 0 saturated heterocycles. The average Bonchev–Trinajstić information content (AvgIpc) is 3.17. The molecule has 0 aliphatic carbocycles. The zero-order valence-corrected chi connectivity index (χ0v) is 19.6. The number of carbonyl (C=O) groups excluding carboxylic acids is 1. The fourth-order valence-corrected chi connectivity index (χ4v) is 4.30. The van der Waals surface area contributed by atoms with Crippen LogP contribution in [-0.4, -0.2) is 48.1 Å². The van der Waals surface area contributed by atoms with Crippen LogP contribution in [0.2, 0.25) is 0 Å². The highest BCUT2D eigenvalue weighted by atomic mass is 79.9. The number of rotatable bonds is 6. The minimum atomic E-state index is -0.202. The normalized spacial score (nSPS) is 14.5. The van der Waals surface area contributed by atoms with Gasteiger partial charge in [0.25, 0.3) is 0 Å². The molecule has 1 aromatic heterocycles. The van der Waals surface area contributed by atoms with Gasteiger partial charge in [-0.25, -0.2) is 0 Å². The first-order valence-electron chi connectivity index (χ1n) is 10.1. The summed E-state index contributed by atoms with van der Waals surface area (Å²) in [7, 11) is 5.78. The van der Waals surface area contributed by atoms with Gasteiger partial charge in [0.15, 0.2) is 5.76 Å². The van der Waals surface area contributed by atoms with Gasteiger partial charge in [-0.05, 0) is 80.3 Å². The summed E-state index contributed by atoms with van der Waals surface area (Å²) in [6.07, 6.45) is 2.81. The number of aryl methyl sites for hydroxylation is 1. The molecule has 1 aliphatic heterocycles. The zero-order valence-electron chi connectivity index (χ0n) is 18.0. The van der Waals surface area contributed by atoms with Crippen LogP contribution in [0.25, 0.3) is 17.0 Å². The molecule has 2 heterocycles. The SMILES string of the molecule is COc1ccc2c(c1)c(C=C1Oc3cc(O)c(Br)cc3C1=O)c(C)n2CCCN(C)C. The van der Waals surface area contributed by atoms with Crippen LogP contribution in [0.4, 0.5) is 0 Å². The van der Waals surface area contributed by atoms with Gasteiger partial charge in [0.05, 0.1) is 17.1 Å². The molecule has 0 radical (unpaired) electrons. The van der Waals surface area contributed by atoms with Crippen LogP contribution >= 0.6 is 15.9 Å². The smallest absolute Gasteiger partial charge is 0.232 e. The van der Waals surface area contributed by atoms with Crippen LogP contribution in [0.3, 0.4) is 0 Å². The van der Waals surface area contributed by atoms with Gasteiger partial charge in [0.2, 0.25) is 5.78 Å². The average molecular weight is 485 g/mol. The minimum absolute atomic E-state index is 0.0335. The Labute approximate surface area is 189 Å². The highest BCUT2D eigenvalue weighted by Crippen LogP contribution is 2.40. The summed E-state index contributed by atoms with van der Waals surface area (Å²) < 4.78 is 14.0. The molecule has 0 unspecified atom stereocenters. The molecule has 0 amide bonds. The number of methoxy groups -OCH3 is 1. The van der Waals surface area contributed by atoms with Crippen LogP contribution in [-0.2, 0) is 6.54 Å². The molecular formula is C24H25BrN2O4. The van der Waals surface area contributed by atoms with Gasteiger partial charge in [-0.1, -0.05) is 0 Å². The summed E-state index contributed by atoms with van der Waals surface area (Å²) in [6, 6.07) is 9.05. The summed E-state index contributed by atoms with van der Waals surface area (Å²) in [5.41, 5.74) is 3.51. The van der Waals surface area contributed by atoms with E-state index >= 15 is 0 Å². The Morgan fingerprint density at radius 3 is 2.74 bits per heavy atom. The molecule has 0 bridgehead atoms. The lowest BCUT2D eigenvalue weighted by Gasteiger charge is -2.12. The van der Waals surface area contributed by atoms with E-state index in [0.29, 0.717) is 15.8 Å². The number of benzene rings is 2. The molecule has 0 saturated carbocycles.